The smallest absolute Gasteiger partial charge is 0.306 e. The molecule has 402 valence electrons. The number of hydrogen-bond acceptors (Lipinski definition) is 5. The lowest BCUT2D eigenvalue weighted by atomic mass is 10.0. The summed E-state index contributed by atoms with van der Waals surface area (Å²) in [6.45, 7) is 6.47. The lowest BCUT2D eigenvalue weighted by Gasteiger charge is -2.24. The molecule has 0 aromatic carbocycles. The highest BCUT2D eigenvalue weighted by Crippen LogP contribution is 2.18. The number of allylic oxidation sites excluding steroid dienone is 10. The Bertz CT molecular complexity index is 1220. The standard InChI is InChI=1S/C63H115NO5/c1-4-7-10-13-16-19-22-25-28-30-32-35-38-41-44-47-50-53-56-63(68)69-59(54-51-48-45-42-39-36-34-31-29-26-23-20-17-14-11-8-5-2)57-62(67)64-60(58-65)61(66)55-52-49-46-43-40-37-33-27-24-21-18-15-12-9-6-3/h17,20,26,28-30,32,34-36,59-61,65-66H,4-16,18-19,21-25,27,31,33,37-58H2,1-3H3,(H,64,67)/b20-17-,29-26-,30-28+,35-32+,36-34-. The lowest BCUT2D eigenvalue weighted by molar-refractivity contribution is -0.151. The zero-order valence-electron chi connectivity index (χ0n) is 45.9. The summed E-state index contributed by atoms with van der Waals surface area (Å²) >= 11 is 0. The number of aliphatic hydroxyl groups is 2. The van der Waals surface area contributed by atoms with Gasteiger partial charge in [0, 0.05) is 6.42 Å². The molecule has 0 rings (SSSR count). The van der Waals surface area contributed by atoms with Gasteiger partial charge in [0.05, 0.1) is 25.2 Å². The van der Waals surface area contributed by atoms with Gasteiger partial charge in [-0.2, -0.15) is 0 Å². The maximum atomic E-state index is 13.3. The molecule has 1 amide bonds. The minimum Gasteiger partial charge on any atom is -0.462 e. The Morgan fingerprint density at radius 2 is 0.783 bits per heavy atom. The van der Waals surface area contributed by atoms with Crippen LogP contribution in [0.1, 0.15) is 303 Å². The summed E-state index contributed by atoms with van der Waals surface area (Å²) in [5.74, 6) is -0.504. The molecule has 69 heavy (non-hydrogen) atoms. The number of ether oxygens (including phenoxy) is 1. The number of aliphatic hydroxyl groups excluding tert-OH is 2. The van der Waals surface area contributed by atoms with Gasteiger partial charge in [-0.05, 0) is 89.9 Å². The molecule has 0 aliphatic carbocycles. The molecule has 3 N–H and O–H groups in total. The van der Waals surface area contributed by atoms with E-state index in [1.54, 1.807) is 0 Å². The molecule has 6 nitrogen and oxygen atoms in total. The van der Waals surface area contributed by atoms with Crippen LogP contribution in [0.25, 0.3) is 0 Å². The number of carbonyl (C=O) groups is 2. The fraction of sp³-hybridized carbons (Fsp3) is 0.810. The molecule has 0 spiro atoms. The fourth-order valence-corrected chi connectivity index (χ4v) is 9.02. The van der Waals surface area contributed by atoms with Gasteiger partial charge in [-0.1, -0.05) is 261 Å². The van der Waals surface area contributed by atoms with Crippen LogP contribution in [0.15, 0.2) is 60.8 Å². The van der Waals surface area contributed by atoms with Crippen LogP contribution in [0.4, 0.5) is 0 Å². The van der Waals surface area contributed by atoms with E-state index in [1.807, 2.05) is 0 Å². The predicted octanol–water partition coefficient (Wildman–Crippen LogP) is 18.7. The molecule has 0 fully saturated rings. The highest BCUT2D eigenvalue weighted by molar-refractivity contribution is 5.77. The van der Waals surface area contributed by atoms with Gasteiger partial charge in [-0.3, -0.25) is 9.59 Å². The van der Waals surface area contributed by atoms with Crippen LogP contribution in [0.3, 0.4) is 0 Å². The molecule has 0 saturated heterocycles. The Kier molecular flexibility index (Phi) is 54.5. The Hall–Kier alpha value is -2.44. The highest BCUT2D eigenvalue weighted by Gasteiger charge is 2.24. The molecular formula is C63H115NO5. The first-order valence-electron chi connectivity index (χ1n) is 30.0. The van der Waals surface area contributed by atoms with Gasteiger partial charge in [0.1, 0.15) is 6.10 Å². The molecule has 0 aliphatic rings. The van der Waals surface area contributed by atoms with Crippen LogP contribution in [0.2, 0.25) is 0 Å². The third kappa shape index (κ3) is 51.7. The summed E-state index contributed by atoms with van der Waals surface area (Å²) in [7, 11) is 0. The minimum absolute atomic E-state index is 0.0562. The number of rotatable bonds is 54. The number of amides is 1. The predicted molar refractivity (Wildman–Crippen MR) is 301 cm³/mol. The van der Waals surface area contributed by atoms with Crippen LogP contribution in [-0.2, 0) is 14.3 Å². The molecule has 0 radical (unpaired) electrons. The van der Waals surface area contributed by atoms with Crippen molar-refractivity contribution in [2.45, 2.75) is 322 Å². The molecule has 0 heterocycles. The van der Waals surface area contributed by atoms with E-state index in [-0.39, 0.29) is 24.9 Å². The van der Waals surface area contributed by atoms with Crippen LogP contribution < -0.4 is 5.32 Å². The summed E-state index contributed by atoms with van der Waals surface area (Å²) in [5, 5.41) is 23.9. The molecule has 6 heteroatoms. The fourth-order valence-electron chi connectivity index (χ4n) is 9.02. The summed E-state index contributed by atoms with van der Waals surface area (Å²) in [4.78, 5) is 26.3. The first kappa shape index (κ1) is 66.6. The summed E-state index contributed by atoms with van der Waals surface area (Å²) in [5.41, 5.74) is 0. The number of carbonyl (C=O) groups excluding carboxylic acids is 2. The van der Waals surface area contributed by atoms with E-state index in [0.717, 1.165) is 103 Å². The van der Waals surface area contributed by atoms with E-state index >= 15 is 0 Å². The lowest BCUT2D eigenvalue weighted by Crippen LogP contribution is -2.46. The van der Waals surface area contributed by atoms with Gasteiger partial charge in [0.25, 0.3) is 0 Å². The van der Waals surface area contributed by atoms with Crippen molar-refractivity contribution < 1.29 is 24.5 Å². The normalized spacial score (nSPS) is 13.5. The zero-order valence-corrected chi connectivity index (χ0v) is 45.9. The summed E-state index contributed by atoms with van der Waals surface area (Å²) in [6.07, 6.45) is 71.4. The van der Waals surface area contributed by atoms with Crippen molar-refractivity contribution in [3.05, 3.63) is 60.8 Å². The largest absolute Gasteiger partial charge is 0.462 e. The van der Waals surface area contributed by atoms with Crippen molar-refractivity contribution in [2.75, 3.05) is 6.61 Å². The van der Waals surface area contributed by atoms with Crippen molar-refractivity contribution in [3.8, 4) is 0 Å². The Balaban J connectivity index is 4.63. The maximum Gasteiger partial charge on any atom is 0.306 e. The van der Waals surface area contributed by atoms with Gasteiger partial charge in [-0.15, -0.1) is 0 Å². The minimum atomic E-state index is -0.799. The van der Waals surface area contributed by atoms with Gasteiger partial charge in [0.15, 0.2) is 0 Å². The zero-order chi connectivity index (χ0) is 50.2. The molecule has 0 saturated carbocycles. The molecule has 0 aromatic heterocycles. The SMILES string of the molecule is CCCCC/C=C\C/C=C\C/C=C\CCCCCCC(CC(=O)NC(CO)C(O)CCCCCCCCCCCCCCCCC)OC(=O)CCCCCCC/C=C/C=C/CCCCCCCCC. The average Bonchev–Trinajstić information content (AvgIpc) is 3.34. The first-order valence-corrected chi connectivity index (χ1v) is 30.0. The van der Waals surface area contributed by atoms with Gasteiger partial charge in [-0.25, -0.2) is 0 Å². The van der Waals surface area contributed by atoms with E-state index in [9.17, 15) is 19.8 Å². The number of hydrogen-bond donors (Lipinski definition) is 3. The molecule has 0 aromatic rings. The topological polar surface area (TPSA) is 95.9 Å². The molecule has 0 aliphatic heterocycles. The van der Waals surface area contributed by atoms with Gasteiger partial charge < -0.3 is 20.3 Å². The van der Waals surface area contributed by atoms with Crippen LogP contribution in [0, 0.1) is 0 Å². The molecule has 3 atom stereocenters. The van der Waals surface area contributed by atoms with Crippen LogP contribution >= 0.6 is 0 Å². The second-order valence-electron chi connectivity index (χ2n) is 20.4. The van der Waals surface area contributed by atoms with E-state index in [2.05, 4.69) is 86.8 Å². The van der Waals surface area contributed by atoms with Gasteiger partial charge >= 0.3 is 5.97 Å². The third-order valence-electron chi connectivity index (χ3n) is 13.6. The Labute approximate surface area is 428 Å². The third-order valence-corrected chi connectivity index (χ3v) is 13.6. The molecule has 3 unspecified atom stereocenters. The number of esters is 1. The van der Waals surface area contributed by atoms with Crippen molar-refractivity contribution >= 4 is 11.9 Å². The summed E-state index contributed by atoms with van der Waals surface area (Å²) in [6, 6.07) is -0.715. The Morgan fingerprint density at radius 3 is 1.23 bits per heavy atom. The second kappa shape index (κ2) is 56.5. The number of unbranched alkanes of at least 4 members (excludes halogenated alkanes) is 33. The quantitative estimate of drug-likeness (QED) is 0.0244. The average molecular weight is 967 g/mol. The summed E-state index contributed by atoms with van der Waals surface area (Å²) < 4.78 is 5.96. The molecular weight excluding hydrogens is 851 g/mol. The highest BCUT2D eigenvalue weighted by atomic mass is 16.5. The van der Waals surface area contributed by atoms with Crippen LogP contribution in [-0.4, -0.2) is 46.9 Å². The first-order chi connectivity index (χ1) is 34.0. The number of nitrogens with one attached hydrogen (secondary N) is 1. The monoisotopic (exact) mass is 966 g/mol. The van der Waals surface area contributed by atoms with Crippen molar-refractivity contribution in [3.63, 3.8) is 0 Å². The Morgan fingerprint density at radius 1 is 0.435 bits per heavy atom. The van der Waals surface area contributed by atoms with E-state index < -0.39 is 18.2 Å². The van der Waals surface area contributed by atoms with Crippen molar-refractivity contribution in [1.29, 1.82) is 0 Å². The maximum absolute atomic E-state index is 13.3. The van der Waals surface area contributed by atoms with Gasteiger partial charge in [0.2, 0.25) is 5.91 Å². The van der Waals surface area contributed by atoms with Crippen LogP contribution in [0.5, 0.6) is 0 Å². The van der Waals surface area contributed by atoms with Crippen molar-refractivity contribution in [1.82, 2.24) is 5.32 Å². The van der Waals surface area contributed by atoms with E-state index in [1.165, 1.54) is 154 Å². The molecule has 0 bridgehead atoms. The van der Waals surface area contributed by atoms with E-state index in [4.69, 9.17) is 4.74 Å². The van der Waals surface area contributed by atoms with Crippen molar-refractivity contribution in [2.24, 2.45) is 0 Å². The second-order valence-corrected chi connectivity index (χ2v) is 20.4. The van der Waals surface area contributed by atoms with E-state index in [0.29, 0.717) is 19.3 Å².